The lowest BCUT2D eigenvalue weighted by molar-refractivity contribution is 0.0890. The van der Waals surface area contributed by atoms with E-state index in [9.17, 15) is 4.79 Å². The van der Waals surface area contributed by atoms with Gasteiger partial charge in [0.1, 0.15) is 11.4 Å². The van der Waals surface area contributed by atoms with Gasteiger partial charge in [0.05, 0.1) is 19.8 Å². The highest BCUT2D eigenvalue weighted by Crippen LogP contribution is 2.13. The standard InChI is InChI=1S/C12H19N3O3/c1-5-9(7-17-3)15-11(16)10-6-13-8(2)14-12(10)18-4/h6,9H,5,7H2,1-4H3,(H,15,16)/t9-/m1/s1. The number of methoxy groups -OCH3 is 2. The Kier molecular flexibility index (Phi) is 5.51. The Morgan fingerprint density at radius 2 is 2.22 bits per heavy atom. The summed E-state index contributed by atoms with van der Waals surface area (Å²) in [5.41, 5.74) is 0.331. The maximum absolute atomic E-state index is 12.1. The molecule has 18 heavy (non-hydrogen) atoms. The van der Waals surface area contributed by atoms with Crippen molar-refractivity contribution in [1.82, 2.24) is 15.3 Å². The van der Waals surface area contributed by atoms with Crippen molar-refractivity contribution in [3.63, 3.8) is 0 Å². The normalized spacial score (nSPS) is 12.0. The fourth-order valence-electron chi connectivity index (χ4n) is 1.49. The maximum Gasteiger partial charge on any atom is 0.258 e. The van der Waals surface area contributed by atoms with Crippen molar-refractivity contribution in [2.75, 3.05) is 20.8 Å². The van der Waals surface area contributed by atoms with Crippen LogP contribution in [0.3, 0.4) is 0 Å². The molecule has 1 aromatic rings. The summed E-state index contributed by atoms with van der Waals surface area (Å²) in [6.07, 6.45) is 2.25. The molecular formula is C12H19N3O3. The number of carbonyl (C=O) groups is 1. The van der Waals surface area contributed by atoms with Gasteiger partial charge in [-0.15, -0.1) is 0 Å². The van der Waals surface area contributed by atoms with Gasteiger partial charge in [0.25, 0.3) is 5.91 Å². The van der Waals surface area contributed by atoms with Gasteiger partial charge in [0.15, 0.2) is 0 Å². The molecule has 1 heterocycles. The minimum atomic E-state index is -0.254. The van der Waals surface area contributed by atoms with Crippen molar-refractivity contribution < 1.29 is 14.3 Å². The fourth-order valence-corrected chi connectivity index (χ4v) is 1.49. The topological polar surface area (TPSA) is 73.3 Å². The van der Waals surface area contributed by atoms with Crippen molar-refractivity contribution >= 4 is 5.91 Å². The molecule has 6 nitrogen and oxygen atoms in total. The average Bonchev–Trinajstić information content (AvgIpc) is 2.37. The Morgan fingerprint density at radius 1 is 1.50 bits per heavy atom. The van der Waals surface area contributed by atoms with Gasteiger partial charge in [-0.05, 0) is 13.3 Å². The van der Waals surface area contributed by atoms with Crippen LogP contribution in [0.2, 0.25) is 0 Å². The molecule has 100 valence electrons. The van der Waals surface area contributed by atoms with Gasteiger partial charge in [-0.2, -0.15) is 4.98 Å². The number of nitrogens with one attached hydrogen (secondary N) is 1. The lowest BCUT2D eigenvalue weighted by Gasteiger charge is -2.16. The molecule has 1 amide bonds. The Labute approximate surface area is 107 Å². The monoisotopic (exact) mass is 253 g/mol. The highest BCUT2D eigenvalue weighted by atomic mass is 16.5. The number of hydrogen-bond acceptors (Lipinski definition) is 5. The molecule has 0 saturated heterocycles. The van der Waals surface area contributed by atoms with Gasteiger partial charge in [-0.25, -0.2) is 4.98 Å². The summed E-state index contributed by atoms with van der Waals surface area (Å²) < 4.78 is 10.1. The van der Waals surface area contributed by atoms with Gasteiger partial charge in [0, 0.05) is 13.3 Å². The highest BCUT2D eigenvalue weighted by molar-refractivity contribution is 5.96. The summed E-state index contributed by atoms with van der Waals surface area (Å²) in [6, 6.07) is -0.0338. The molecule has 0 aliphatic heterocycles. The fraction of sp³-hybridized carbons (Fsp3) is 0.583. The number of nitrogens with zero attached hydrogens (tertiary/aromatic N) is 2. The van der Waals surface area contributed by atoms with Crippen LogP contribution in [0.1, 0.15) is 29.5 Å². The van der Waals surface area contributed by atoms with Crippen LogP contribution in [0.4, 0.5) is 0 Å². The molecule has 0 unspecified atom stereocenters. The SMILES string of the molecule is CC[C@H](COC)NC(=O)c1cnc(C)nc1OC. The van der Waals surface area contributed by atoms with E-state index in [-0.39, 0.29) is 17.8 Å². The maximum atomic E-state index is 12.1. The molecule has 0 aromatic carbocycles. The number of rotatable bonds is 6. The number of carbonyl (C=O) groups excluding carboxylic acids is 1. The van der Waals surface area contributed by atoms with Gasteiger partial charge in [0.2, 0.25) is 5.88 Å². The number of aryl methyl sites for hydroxylation is 1. The van der Waals surface area contributed by atoms with E-state index in [1.54, 1.807) is 14.0 Å². The highest BCUT2D eigenvalue weighted by Gasteiger charge is 2.17. The zero-order chi connectivity index (χ0) is 13.5. The first-order chi connectivity index (χ1) is 8.62. The Bertz CT molecular complexity index is 410. The second-order valence-electron chi connectivity index (χ2n) is 3.87. The Balaban J connectivity index is 2.83. The Hall–Kier alpha value is -1.69. The second kappa shape index (κ2) is 6.90. The minimum Gasteiger partial charge on any atom is -0.480 e. The summed E-state index contributed by atoms with van der Waals surface area (Å²) in [6.45, 7) is 4.19. The molecule has 1 aromatic heterocycles. The van der Waals surface area contributed by atoms with Crippen molar-refractivity contribution in [1.29, 1.82) is 0 Å². The van der Waals surface area contributed by atoms with Crippen molar-refractivity contribution in [3.8, 4) is 5.88 Å². The van der Waals surface area contributed by atoms with E-state index in [0.717, 1.165) is 6.42 Å². The van der Waals surface area contributed by atoms with E-state index in [0.29, 0.717) is 18.0 Å². The van der Waals surface area contributed by atoms with Crippen LogP contribution in [0.15, 0.2) is 6.20 Å². The van der Waals surface area contributed by atoms with Crippen molar-refractivity contribution in [2.45, 2.75) is 26.3 Å². The van der Waals surface area contributed by atoms with E-state index in [1.807, 2.05) is 6.92 Å². The zero-order valence-corrected chi connectivity index (χ0v) is 11.2. The third-order valence-corrected chi connectivity index (χ3v) is 2.51. The van der Waals surface area contributed by atoms with Crippen molar-refractivity contribution in [2.24, 2.45) is 0 Å². The van der Waals surface area contributed by atoms with Crippen LogP contribution in [-0.2, 0) is 4.74 Å². The molecule has 0 radical (unpaired) electrons. The molecule has 0 fully saturated rings. The average molecular weight is 253 g/mol. The summed E-state index contributed by atoms with van der Waals surface area (Å²) in [5, 5.41) is 2.85. The van der Waals surface area contributed by atoms with Crippen LogP contribution in [0.25, 0.3) is 0 Å². The summed E-state index contributed by atoms with van der Waals surface area (Å²) in [4.78, 5) is 20.1. The Morgan fingerprint density at radius 3 is 2.78 bits per heavy atom. The predicted octanol–water partition coefficient (Wildman–Crippen LogP) is 0.948. The first-order valence-electron chi connectivity index (χ1n) is 5.79. The molecule has 1 rings (SSSR count). The molecule has 0 aliphatic rings. The summed E-state index contributed by atoms with van der Waals surface area (Å²) >= 11 is 0. The molecule has 1 atom stereocenters. The number of ether oxygens (including phenoxy) is 2. The van der Waals surface area contributed by atoms with E-state index in [1.165, 1.54) is 13.3 Å². The van der Waals surface area contributed by atoms with Gasteiger partial charge in [-0.3, -0.25) is 4.79 Å². The molecular weight excluding hydrogens is 234 g/mol. The second-order valence-corrected chi connectivity index (χ2v) is 3.87. The molecule has 0 bridgehead atoms. The third-order valence-electron chi connectivity index (χ3n) is 2.51. The molecule has 6 heteroatoms. The lowest BCUT2D eigenvalue weighted by atomic mass is 10.2. The van der Waals surface area contributed by atoms with Gasteiger partial charge < -0.3 is 14.8 Å². The van der Waals surface area contributed by atoms with E-state index >= 15 is 0 Å². The van der Waals surface area contributed by atoms with E-state index in [2.05, 4.69) is 15.3 Å². The minimum absolute atomic E-state index is 0.0338. The first kappa shape index (κ1) is 14.4. The van der Waals surface area contributed by atoms with Gasteiger partial charge in [-0.1, -0.05) is 6.92 Å². The molecule has 0 aliphatic carbocycles. The zero-order valence-electron chi connectivity index (χ0n) is 11.2. The predicted molar refractivity (Wildman–Crippen MR) is 66.7 cm³/mol. The van der Waals surface area contributed by atoms with Crippen LogP contribution in [-0.4, -0.2) is 42.7 Å². The van der Waals surface area contributed by atoms with E-state index in [4.69, 9.17) is 9.47 Å². The van der Waals surface area contributed by atoms with Gasteiger partial charge >= 0.3 is 0 Å². The molecule has 0 saturated carbocycles. The van der Waals surface area contributed by atoms with Crippen LogP contribution in [0.5, 0.6) is 5.88 Å². The lowest BCUT2D eigenvalue weighted by Crippen LogP contribution is -2.37. The molecule has 0 spiro atoms. The molecule has 1 N–H and O–H groups in total. The number of amides is 1. The summed E-state index contributed by atoms with van der Waals surface area (Å²) in [5.74, 6) is 0.593. The number of hydrogen-bond donors (Lipinski definition) is 1. The van der Waals surface area contributed by atoms with Crippen LogP contribution < -0.4 is 10.1 Å². The third kappa shape index (κ3) is 3.66. The van der Waals surface area contributed by atoms with Crippen LogP contribution in [0, 0.1) is 6.92 Å². The first-order valence-corrected chi connectivity index (χ1v) is 5.79. The smallest absolute Gasteiger partial charge is 0.258 e. The number of aromatic nitrogens is 2. The summed E-state index contributed by atoms with van der Waals surface area (Å²) in [7, 11) is 3.08. The quantitative estimate of drug-likeness (QED) is 0.817. The van der Waals surface area contributed by atoms with Crippen molar-refractivity contribution in [3.05, 3.63) is 17.6 Å². The largest absolute Gasteiger partial charge is 0.480 e. The van der Waals surface area contributed by atoms with E-state index < -0.39 is 0 Å². The van der Waals surface area contributed by atoms with Crippen LogP contribution >= 0.6 is 0 Å².